The number of ether oxygens (including phenoxy) is 1. The van der Waals surface area contributed by atoms with Gasteiger partial charge in [0.05, 0.1) is 14.1 Å². The first-order valence-electron chi connectivity index (χ1n) is 9.03. The zero-order valence-corrected chi connectivity index (χ0v) is 16.0. The molecule has 4 rings (SSSR count). The first kappa shape index (κ1) is 17.1. The van der Waals surface area contributed by atoms with Crippen LogP contribution in [0.4, 0.5) is 0 Å². The second-order valence-corrected chi connectivity index (χ2v) is 8.86. The van der Waals surface area contributed by atoms with Crippen LogP contribution in [0.5, 0.6) is 0 Å². The Morgan fingerprint density at radius 2 is 1.54 bits per heavy atom. The summed E-state index contributed by atoms with van der Waals surface area (Å²) in [6.45, 7) is 5.06. The Hall–Kier alpha value is -2.38. The number of benzene rings is 2. The summed E-state index contributed by atoms with van der Waals surface area (Å²) in [6, 6.07) is 25.8. The molecule has 1 aliphatic rings. The third kappa shape index (κ3) is 3.32. The fourth-order valence-corrected chi connectivity index (χ4v) is 5.41. The predicted octanol–water partition coefficient (Wildman–Crippen LogP) is 4.19. The normalized spacial score (nSPS) is 16.8. The maximum Gasteiger partial charge on any atom is 0.234 e. The third-order valence-corrected chi connectivity index (χ3v) is 6.96. The van der Waals surface area contributed by atoms with E-state index in [0.717, 1.165) is 11.6 Å². The van der Waals surface area contributed by atoms with Crippen LogP contribution >= 0.6 is 8.07 Å². The maximum absolute atomic E-state index is 5.97. The molecular weight excluding hydrogens is 339 g/mol. The van der Waals surface area contributed by atoms with Gasteiger partial charge in [-0.15, -0.1) is 0 Å². The molecule has 4 heteroatoms. The number of aromatic nitrogens is 1. The minimum absolute atomic E-state index is 0.244. The van der Waals surface area contributed by atoms with Crippen LogP contribution in [0.3, 0.4) is 0 Å². The summed E-state index contributed by atoms with van der Waals surface area (Å²) >= 11 is 0. The van der Waals surface area contributed by atoms with Crippen LogP contribution < -0.4 is 10.6 Å². The molecule has 132 valence electrons. The molecule has 1 atom stereocenters. The Bertz CT molecular complexity index is 847. The first-order chi connectivity index (χ1) is 12.7. The van der Waals surface area contributed by atoms with Gasteiger partial charge in [-0.2, -0.15) is 0 Å². The summed E-state index contributed by atoms with van der Waals surface area (Å²) in [5.74, 6) is 1.26. The van der Waals surface area contributed by atoms with Gasteiger partial charge < -0.3 is 9.07 Å². The van der Waals surface area contributed by atoms with E-state index in [-0.39, 0.29) is 6.04 Å². The van der Waals surface area contributed by atoms with Crippen molar-refractivity contribution in [3.8, 4) is 0 Å². The van der Waals surface area contributed by atoms with E-state index in [4.69, 9.17) is 9.73 Å². The SMILES string of the molecule is CC(C)C1COC(c2cccn2P(c2ccccc2)c2ccccc2)=N1. The highest BCUT2D eigenvalue weighted by atomic mass is 31.1. The van der Waals surface area contributed by atoms with Crippen molar-refractivity contribution in [1.29, 1.82) is 0 Å². The molecule has 1 aliphatic heterocycles. The summed E-state index contributed by atoms with van der Waals surface area (Å²) in [6.07, 6.45) is 2.15. The van der Waals surface area contributed by atoms with Crippen molar-refractivity contribution < 1.29 is 4.74 Å². The van der Waals surface area contributed by atoms with Gasteiger partial charge in [-0.3, -0.25) is 0 Å². The van der Waals surface area contributed by atoms with Gasteiger partial charge in [-0.25, -0.2) is 4.99 Å². The minimum atomic E-state index is -0.720. The maximum atomic E-state index is 5.97. The highest BCUT2D eigenvalue weighted by Gasteiger charge is 2.27. The standard InChI is InChI=1S/C22H23N2OP/c1-17(2)20-16-25-22(23-20)21-14-9-15-24(21)26(18-10-5-3-6-11-18)19-12-7-4-8-13-19/h3-15,17,20H,16H2,1-2H3. The van der Waals surface area contributed by atoms with E-state index in [1.54, 1.807) is 0 Å². The monoisotopic (exact) mass is 362 g/mol. The van der Waals surface area contributed by atoms with Crippen LogP contribution in [-0.2, 0) is 4.74 Å². The highest BCUT2D eigenvalue weighted by molar-refractivity contribution is 7.71. The zero-order valence-electron chi connectivity index (χ0n) is 15.1. The Labute approximate surface area is 156 Å². The lowest BCUT2D eigenvalue weighted by atomic mass is 10.1. The molecule has 3 nitrogen and oxygen atoms in total. The Morgan fingerprint density at radius 3 is 2.08 bits per heavy atom. The molecule has 0 radical (unpaired) electrons. The van der Waals surface area contributed by atoms with E-state index >= 15 is 0 Å². The van der Waals surface area contributed by atoms with Crippen molar-refractivity contribution in [2.45, 2.75) is 19.9 Å². The molecule has 0 saturated heterocycles. The van der Waals surface area contributed by atoms with Gasteiger partial charge in [0.1, 0.15) is 12.3 Å². The molecule has 0 bridgehead atoms. The molecule has 1 aromatic heterocycles. The van der Waals surface area contributed by atoms with Crippen LogP contribution in [0, 0.1) is 5.92 Å². The van der Waals surface area contributed by atoms with E-state index in [9.17, 15) is 0 Å². The molecule has 2 heterocycles. The fourth-order valence-electron chi connectivity index (χ4n) is 3.12. The van der Waals surface area contributed by atoms with Crippen LogP contribution in [0.1, 0.15) is 19.5 Å². The third-order valence-electron chi connectivity index (χ3n) is 4.61. The average Bonchev–Trinajstić information content (AvgIpc) is 3.33. The fraction of sp³-hybridized carbons (Fsp3) is 0.227. The van der Waals surface area contributed by atoms with Gasteiger partial charge >= 0.3 is 0 Å². The van der Waals surface area contributed by atoms with Crippen molar-refractivity contribution in [3.63, 3.8) is 0 Å². The lowest BCUT2D eigenvalue weighted by molar-refractivity contribution is 0.291. The van der Waals surface area contributed by atoms with E-state index in [0.29, 0.717) is 12.5 Å². The van der Waals surface area contributed by atoms with Crippen LogP contribution in [-0.4, -0.2) is 22.9 Å². The number of aliphatic imine (C=N–C) groups is 1. The Kier molecular flexibility index (Phi) is 4.90. The smallest absolute Gasteiger partial charge is 0.234 e. The number of rotatable bonds is 5. The summed E-state index contributed by atoms with van der Waals surface area (Å²) in [5, 5.41) is 2.62. The second kappa shape index (κ2) is 7.47. The van der Waals surface area contributed by atoms with Gasteiger partial charge in [0.15, 0.2) is 0 Å². The molecule has 2 aromatic carbocycles. The summed E-state index contributed by atoms with van der Waals surface area (Å²) in [5.41, 5.74) is 1.06. The molecule has 26 heavy (non-hydrogen) atoms. The summed E-state index contributed by atoms with van der Waals surface area (Å²) in [4.78, 5) is 4.84. The van der Waals surface area contributed by atoms with Gasteiger partial charge in [-0.05, 0) is 18.1 Å². The van der Waals surface area contributed by atoms with Gasteiger partial charge in [0.25, 0.3) is 0 Å². The number of nitrogens with zero attached hydrogens (tertiary/aromatic N) is 2. The molecule has 0 saturated carbocycles. The van der Waals surface area contributed by atoms with E-state index in [2.05, 4.69) is 97.2 Å². The van der Waals surface area contributed by atoms with Crippen molar-refractivity contribution in [1.82, 2.24) is 4.34 Å². The number of hydrogen-bond donors (Lipinski definition) is 0. The molecule has 0 N–H and O–H groups in total. The van der Waals surface area contributed by atoms with Crippen LogP contribution in [0.15, 0.2) is 84.0 Å². The quantitative estimate of drug-likeness (QED) is 0.625. The van der Waals surface area contributed by atoms with Crippen LogP contribution in [0.2, 0.25) is 0 Å². The molecule has 1 unspecified atom stereocenters. The van der Waals surface area contributed by atoms with Gasteiger partial charge in [0, 0.05) is 16.8 Å². The number of hydrogen-bond acceptors (Lipinski definition) is 2. The van der Waals surface area contributed by atoms with Crippen molar-refractivity contribution in [3.05, 3.63) is 84.7 Å². The van der Waals surface area contributed by atoms with E-state index < -0.39 is 8.07 Å². The molecule has 3 aromatic rings. The lowest BCUT2D eigenvalue weighted by Crippen LogP contribution is -2.19. The molecule has 0 aliphatic carbocycles. The lowest BCUT2D eigenvalue weighted by Gasteiger charge is -2.22. The van der Waals surface area contributed by atoms with E-state index in [1.807, 2.05) is 0 Å². The van der Waals surface area contributed by atoms with Gasteiger partial charge in [0.2, 0.25) is 5.90 Å². The minimum Gasteiger partial charge on any atom is -0.474 e. The second-order valence-electron chi connectivity index (χ2n) is 6.78. The summed E-state index contributed by atoms with van der Waals surface area (Å²) in [7, 11) is -0.720. The van der Waals surface area contributed by atoms with Crippen molar-refractivity contribution in [2.24, 2.45) is 10.9 Å². The molecule has 0 fully saturated rings. The average molecular weight is 362 g/mol. The topological polar surface area (TPSA) is 26.5 Å². The highest BCUT2D eigenvalue weighted by Crippen LogP contribution is 2.38. The van der Waals surface area contributed by atoms with Crippen molar-refractivity contribution >= 4 is 24.6 Å². The van der Waals surface area contributed by atoms with Crippen LogP contribution in [0.25, 0.3) is 0 Å². The molecule has 0 amide bonds. The zero-order chi connectivity index (χ0) is 17.9. The Balaban J connectivity index is 1.79. The molecular formula is C22H23N2OP. The predicted molar refractivity (Wildman–Crippen MR) is 110 cm³/mol. The van der Waals surface area contributed by atoms with Gasteiger partial charge in [-0.1, -0.05) is 74.5 Å². The Morgan fingerprint density at radius 1 is 0.923 bits per heavy atom. The first-order valence-corrected chi connectivity index (χ1v) is 10.3. The van der Waals surface area contributed by atoms with Crippen molar-refractivity contribution in [2.75, 3.05) is 6.61 Å². The molecule has 0 spiro atoms. The largest absolute Gasteiger partial charge is 0.474 e. The summed E-state index contributed by atoms with van der Waals surface area (Å²) < 4.78 is 8.31. The van der Waals surface area contributed by atoms with E-state index in [1.165, 1.54) is 10.6 Å².